The number of pyridine rings is 2. The Bertz CT molecular complexity index is 645. The molecule has 0 aliphatic heterocycles. The topological polar surface area (TPSA) is 61.4 Å². The third kappa shape index (κ3) is 5.62. The zero-order valence-electron chi connectivity index (χ0n) is 14.6. The van der Waals surface area contributed by atoms with Crippen molar-refractivity contribution in [3.8, 4) is 0 Å². The lowest BCUT2D eigenvalue weighted by Gasteiger charge is -2.21. The van der Waals surface area contributed by atoms with E-state index >= 15 is 0 Å². The number of carbonyl (C=O) groups excluding carboxylic acids is 1. The maximum atomic E-state index is 11.8. The second kappa shape index (κ2) is 8.98. The first kappa shape index (κ1) is 17.9. The molecule has 0 saturated heterocycles. The lowest BCUT2D eigenvalue weighted by Crippen LogP contribution is -2.33. The minimum atomic E-state index is 0.00550. The molecule has 0 radical (unpaired) electrons. The monoisotopic (exact) mass is 327 g/mol. The molecule has 0 unspecified atom stereocenters. The summed E-state index contributed by atoms with van der Waals surface area (Å²) in [6.45, 7) is 1.67. The lowest BCUT2D eigenvalue weighted by molar-refractivity contribution is -0.121. The van der Waals surface area contributed by atoms with Crippen LogP contribution in [0.15, 0.2) is 42.7 Å². The van der Waals surface area contributed by atoms with Crippen molar-refractivity contribution in [3.05, 3.63) is 54.0 Å². The van der Waals surface area contributed by atoms with E-state index in [9.17, 15) is 4.79 Å². The highest BCUT2D eigenvalue weighted by atomic mass is 16.2. The standard InChI is InChI=1S/C18H25N5O/c1-22(2)14-17(24)21-13-15-7-6-11-20-18(15)23(3)12-9-16-8-4-5-10-19-16/h4-8,10-11H,9,12-14H2,1-3H3,(H,21,24). The Balaban J connectivity index is 1.95. The molecule has 0 fully saturated rings. The Morgan fingerprint density at radius 2 is 1.88 bits per heavy atom. The van der Waals surface area contributed by atoms with E-state index < -0.39 is 0 Å². The molecule has 2 aromatic heterocycles. The average molecular weight is 327 g/mol. The summed E-state index contributed by atoms with van der Waals surface area (Å²) in [6.07, 6.45) is 4.43. The molecule has 2 rings (SSSR count). The Kier molecular flexibility index (Phi) is 6.69. The third-order valence-electron chi connectivity index (χ3n) is 3.59. The maximum absolute atomic E-state index is 11.8. The molecule has 0 aliphatic rings. The van der Waals surface area contributed by atoms with Crippen LogP contribution in [0.5, 0.6) is 0 Å². The van der Waals surface area contributed by atoms with Crippen molar-refractivity contribution in [2.75, 3.05) is 39.1 Å². The van der Waals surface area contributed by atoms with E-state index in [2.05, 4.69) is 20.2 Å². The van der Waals surface area contributed by atoms with Crippen molar-refractivity contribution < 1.29 is 4.79 Å². The van der Waals surface area contributed by atoms with Crippen LogP contribution < -0.4 is 10.2 Å². The highest BCUT2D eigenvalue weighted by molar-refractivity contribution is 5.78. The molecule has 6 heteroatoms. The number of hydrogen-bond donors (Lipinski definition) is 1. The van der Waals surface area contributed by atoms with Crippen molar-refractivity contribution in [1.29, 1.82) is 0 Å². The normalized spacial score (nSPS) is 10.7. The van der Waals surface area contributed by atoms with Crippen LogP contribution >= 0.6 is 0 Å². The molecule has 0 aliphatic carbocycles. The second-order valence-electron chi connectivity index (χ2n) is 5.99. The van der Waals surface area contributed by atoms with E-state index in [1.165, 1.54) is 0 Å². The molecule has 0 saturated carbocycles. The first-order chi connectivity index (χ1) is 11.6. The fourth-order valence-corrected chi connectivity index (χ4v) is 2.38. The van der Waals surface area contributed by atoms with Gasteiger partial charge in [0.15, 0.2) is 0 Å². The van der Waals surface area contributed by atoms with Crippen LogP contribution in [0.25, 0.3) is 0 Å². The van der Waals surface area contributed by atoms with Crippen LogP contribution in [0.2, 0.25) is 0 Å². The van der Waals surface area contributed by atoms with Gasteiger partial charge in [-0.15, -0.1) is 0 Å². The molecule has 24 heavy (non-hydrogen) atoms. The molecule has 2 heterocycles. The molecule has 0 aromatic carbocycles. The quantitative estimate of drug-likeness (QED) is 0.793. The van der Waals surface area contributed by atoms with Gasteiger partial charge in [-0.2, -0.15) is 0 Å². The number of rotatable bonds is 8. The van der Waals surface area contributed by atoms with Gasteiger partial charge in [-0.05, 0) is 32.3 Å². The van der Waals surface area contributed by atoms with E-state index in [1.54, 1.807) is 6.20 Å². The van der Waals surface area contributed by atoms with Crippen molar-refractivity contribution in [2.24, 2.45) is 0 Å². The highest BCUT2D eigenvalue weighted by Gasteiger charge is 2.10. The van der Waals surface area contributed by atoms with E-state index in [0.717, 1.165) is 30.0 Å². The van der Waals surface area contributed by atoms with Crippen LogP contribution in [-0.4, -0.2) is 55.0 Å². The van der Waals surface area contributed by atoms with Crippen LogP contribution in [0, 0.1) is 0 Å². The smallest absolute Gasteiger partial charge is 0.234 e. The lowest BCUT2D eigenvalue weighted by atomic mass is 10.2. The minimum Gasteiger partial charge on any atom is -0.359 e. The molecule has 1 amide bonds. The van der Waals surface area contributed by atoms with E-state index in [4.69, 9.17) is 0 Å². The van der Waals surface area contributed by atoms with Crippen LogP contribution in [-0.2, 0) is 17.8 Å². The van der Waals surface area contributed by atoms with Crippen LogP contribution in [0.1, 0.15) is 11.3 Å². The Morgan fingerprint density at radius 1 is 1.08 bits per heavy atom. The Morgan fingerprint density at radius 3 is 2.58 bits per heavy atom. The van der Waals surface area contributed by atoms with Gasteiger partial charge in [0.1, 0.15) is 5.82 Å². The molecule has 6 nitrogen and oxygen atoms in total. The van der Waals surface area contributed by atoms with Crippen molar-refractivity contribution in [3.63, 3.8) is 0 Å². The molecule has 0 atom stereocenters. The van der Waals surface area contributed by atoms with Gasteiger partial charge in [0.2, 0.25) is 5.91 Å². The van der Waals surface area contributed by atoms with Crippen molar-refractivity contribution in [2.45, 2.75) is 13.0 Å². The van der Waals surface area contributed by atoms with Crippen LogP contribution in [0.4, 0.5) is 5.82 Å². The van der Waals surface area contributed by atoms with Gasteiger partial charge in [-0.25, -0.2) is 4.98 Å². The number of amides is 1. The molecule has 128 valence electrons. The first-order valence-electron chi connectivity index (χ1n) is 8.02. The summed E-state index contributed by atoms with van der Waals surface area (Å²) in [7, 11) is 5.76. The first-order valence-corrected chi connectivity index (χ1v) is 8.02. The van der Waals surface area contributed by atoms with Crippen molar-refractivity contribution >= 4 is 11.7 Å². The zero-order chi connectivity index (χ0) is 17.4. The number of anilines is 1. The average Bonchev–Trinajstić information content (AvgIpc) is 2.58. The molecule has 0 spiro atoms. The summed E-state index contributed by atoms with van der Waals surface area (Å²) in [5.41, 5.74) is 2.06. The molecule has 2 aromatic rings. The van der Waals surface area contributed by atoms with Gasteiger partial charge in [0, 0.05) is 50.2 Å². The van der Waals surface area contributed by atoms with E-state index in [1.807, 2.05) is 62.6 Å². The number of hydrogen-bond acceptors (Lipinski definition) is 5. The van der Waals surface area contributed by atoms with Gasteiger partial charge in [-0.3, -0.25) is 9.78 Å². The summed E-state index contributed by atoms with van der Waals surface area (Å²) < 4.78 is 0. The maximum Gasteiger partial charge on any atom is 0.234 e. The number of aromatic nitrogens is 2. The predicted molar refractivity (Wildman–Crippen MR) is 95.8 cm³/mol. The molecule has 1 N–H and O–H groups in total. The summed E-state index contributed by atoms with van der Waals surface area (Å²) >= 11 is 0. The predicted octanol–water partition coefficient (Wildman–Crippen LogP) is 1.33. The van der Waals surface area contributed by atoms with Gasteiger partial charge in [0.25, 0.3) is 0 Å². The Labute approximate surface area is 143 Å². The minimum absolute atomic E-state index is 0.00550. The SMILES string of the molecule is CN(C)CC(=O)NCc1cccnc1N(C)CCc1ccccn1. The van der Waals surface area contributed by atoms with Gasteiger partial charge >= 0.3 is 0 Å². The largest absolute Gasteiger partial charge is 0.359 e. The highest BCUT2D eigenvalue weighted by Crippen LogP contribution is 2.16. The van der Waals surface area contributed by atoms with E-state index in [0.29, 0.717) is 13.1 Å². The van der Waals surface area contributed by atoms with Gasteiger partial charge < -0.3 is 15.1 Å². The van der Waals surface area contributed by atoms with Crippen molar-refractivity contribution in [1.82, 2.24) is 20.2 Å². The molecular formula is C18H25N5O. The summed E-state index contributed by atoms with van der Waals surface area (Å²) in [4.78, 5) is 24.6. The molecule has 0 bridgehead atoms. The van der Waals surface area contributed by atoms with Crippen LogP contribution in [0.3, 0.4) is 0 Å². The summed E-state index contributed by atoms with van der Waals surface area (Å²) in [5.74, 6) is 0.893. The second-order valence-corrected chi connectivity index (χ2v) is 5.99. The number of carbonyl (C=O) groups is 1. The summed E-state index contributed by atoms with van der Waals surface area (Å²) in [6, 6.07) is 9.82. The summed E-state index contributed by atoms with van der Waals surface area (Å²) in [5, 5.41) is 2.94. The van der Waals surface area contributed by atoms with E-state index in [-0.39, 0.29) is 5.91 Å². The van der Waals surface area contributed by atoms with Gasteiger partial charge in [0.05, 0.1) is 6.54 Å². The number of likely N-dealkylation sites (N-methyl/N-ethyl adjacent to an activating group) is 2. The fourth-order valence-electron chi connectivity index (χ4n) is 2.38. The number of nitrogens with one attached hydrogen (secondary N) is 1. The molecular weight excluding hydrogens is 302 g/mol. The fraction of sp³-hybridized carbons (Fsp3) is 0.389. The van der Waals surface area contributed by atoms with Gasteiger partial charge in [-0.1, -0.05) is 12.1 Å². The Hall–Kier alpha value is -2.47. The zero-order valence-corrected chi connectivity index (χ0v) is 14.6. The third-order valence-corrected chi connectivity index (χ3v) is 3.59. The number of nitrogens with zero attached hydrogens (tertiary/aromatic N) is 4.